The number of aromatic nitrogens is 1. The summed E-state index contributed by atoms with van der Waals surface area (Å²) in [5.41, 5.74) is 8.67. The molecule has 10 aromatic rings. The Morgan fingerprint density at radius 2 is 0.979 bits per heavy atom. The molecule has 47 heavy (non-hydrogen) atoms. The van der Waals surface area contributed by atoms with Crippen LogP contribution in [-0.2, 0) is 0 Å². The molecule has 0 unspecified atom stereocenters. The van der Waals surface area contributed by atoms with Gasteiger partial charge in [-0.25, -0.2) is 0 Å². The number of anilines is 3. The summed E-state index contributed by atoms with van der Waals surface area (Å²) in [7, 11) is 0. The molecule has 0 radical (unpaired) electrons. The highest BCUT2D eigenvalue weighted by molar-refractivity contribution is 6.17. The average molecular weight is 601 g/mol. The molecule has 10 rings (SSSR count). The van der Waals surface area contributed by atoms with E-state index in [1.165, 1.54) is 43.4 Å². The molecule has 8 aromatic carbocycles. The van der Waals surface area contributed by atoms with Crippen molar-refractivity contribution in [3.8, 4) is 5.69 Å². The zero-order valence-electron chi connectivity index (χ0n) is 25.5. The molecule has 3 nitrogen and oxygen atoms in total. The lowest BCUT2D eigenvalue weighted by Gasteiger charge is -2.26. The van der Waals surface area contributed by atoms with Crippen molar-refractivity contribution in [3.63, 3.8) is 0 Å². The molecule has 0 amide bonds. The van der Waals surface area contributed by atoms with Gasteiger partial charge in [0.2, 0.25) is 0 Å². The minimum absolute atomic E-state index is 0.918. The Balaban J connectivity index is 1.20. The minimum Gasteiger partial charge on any atom is -0.456 e. The first kappa shape index (κ1) is 26.0. The van der Waals surface area contributed by atoms with Crippen LogP contribution in [0.25, 0.3) is 71.0 Å². The third-order valence-corrected chi connectivity index (χ3v) is 9.52. The van der Waals surface area contributed by atoms with E-state index < -0.39 is 0 Å². The number of hydrogen-bond donors (Lipinski definition) is 0. The Morgan fingerprint density at radius 1 is 0.362 bits per heavy atom. The van der Waals surface area contributed by atoms with Gasteiger partial charge in [-0.05, 0) is 94.3 Å². The lowest BCUT2D eigenvalue weighted by Crippen LogP contribution is -2.10. The van der Waals surface area contributed by atoms with E-state index in [0.29, 0.717) is 0 Å². The second kappa shape index (κ2) is 10.1. The lowest BCUT2D eigenvalue weighted by atomic mass is 9.99. The van der Waals surface area contributed by atoms with Crippen LogP contribution in [0.5, 0.6) is 0 Å². The van der Waals surface area contributed by atoms with Crippen molar-refractivity contribution in [2.75, 3.05) is 4.90 Å². The Labute approximate surface area is 271 Å². The van der Waals surface area contributed by atoms with Gasteiger partial charge in [0.1, 0.15) is 11.2 Å². The van der Waals surface area contributed by atoms with E-state index in [-0.39, 0.29) is 0 Å². The first-order valence-electron chi connectivity index (χ1n) is 16.0. The highest BCUT2D eigenvalue weighted by Crippen LogP contribution is 2.41. The van der Waals surface area contributed by atoms with Gasteiger partial charge in [-0.3, -0.25) is 0 Å². The summed E-state index contributed by atoms with van der Waals surface area (Å²) in [5, 5.41) is 9.61. The third-order valence-electron chi connectivity index (χ3n) is 9.52. The van der Waals surface area contributed by atoms with Gasteiger partial charge in [0.25, 0.3) is 0 Å². The fraction of sp³-hybridized carbons (Fsp3) is 0. The molecule has 220 valence electrons. The third kappa shape index (κ3) is 4.00. The van der Waals surface area contributed by atoms with Gasteiger partial charge in [0, 0.05) is 44.3 Å². The molecule has 2 heterocycles. The smallest absolute Gasteiger partial charge is 0.136 e. The fourth-order valence-electron chi connectivity index (χ4n) is 7.40. The number of benzene rings is 8. The molecule has 0 bridgehead atoms. The van der Waals surface area contributed by atoms with Gasteiger partial charge in [-0.2, -0.15) is 0 Å². The van der Waals surface area contributed by atoms with Crippen molar-refractivity contribution in [2.45, 2.75) is 0 Å². The van der Waals surface area contributed by atoms with Gasteiger partial charge in [-0.1, -0.05) is 97.1 Å². The van der Waals surface area contributed by atoms with E-state index in [0.717, 1.165) is 44.7 Å². The summed E-state index contributed by atoms with van der Waals surface area (Å²) in [4.78, 5) is 2.36. The van der Waals surface area contributed by atoms with E-state index in [9.17, 15) is 0 Å². The monoisotopic (exact) mass is 600 g/mol. The van der Waals surface area contributed by atoms with Gasteiger partial charge in [0.15, 0.2) is 0 Å². The fourth-order valence-corrected chi connectivity index (χ4v) is 7.40. The van der Waals surface area contributed by atoms with E-state index in [2.05, 4.69) is 167 Å². The number of hydrogen-bond acceptors (Lipinski definition) is 2. The molecule has 0 saturated heterocycles. The second-order valence-electron chi connectivity index (χ2n) is 12.2. The van der Waals surface area contributed by atoms with Gasteiger partial charge >= 0.3 is 0 Å². The van der Waals surface area contributed by atoms with Crippen molar-refractivity contribution >= 4 is 82.4 Å². The summed E-state index contributed by atoms with van der Waals surface area (Å²) in [6, 6.07) is 60.9. The van der Waals surface area contributed by atoms with Crippen LogP contribution in [0.15, 0.2) is 174 Å². The van der Waals surface area contributed by atoms with Crippen LogP contribution in [0.3, 0.4) is 0 Å². The van der Waals surface area contributed by atoms with Crippen LogP contribution < -0.4 is 4.90 Å². The molecular weight excluding hydrogens is 572 g/mol. The van der Waals surface area contributed by atoms with Gasteiger partial charge < -0.3 is 13.9 Å². The van der Waals surface area contributed by atoms with Crippen molar-refractivity contribution < 1.29 is 4.42 Å². The van der Waals surface area contributed by atoms with E-state index in [1.54, 1.807) is 0 Å². The predicted octanol–water partition coefficient (Wildman–Crippen LogP) is 12.5. The number of nitrogens with zero attached hydrogens (tertiary/aromatic N) is 2. The summed E-state index contributed by atoms with van der Waals surface area (Å²) >= 11 is 0. The number of para-hydroxylation sites is 4. The van der Waals surface area contributed by atoms with Crippen molar-refractivity contribution in [1.29, 1.82) is 0 Å². The molecule has 0 aliphatic heterocycles. The van der Waals surface area contributed by atoms with E-state index >= 15 is 0 Å². The normalized spacial score (nSPS) is 11.8. The van der Waals surface area contributed by atoms with Crippen molar-refractivity contribution in [2.24, 2.45) is 0 Å². The minimum atomic E-state index is 0.918. The van der Waals surface area contributed by atoms with Gasteiger partial charge in [-0.15, -0.1) is 0 Å². The largest absolute Gasteiger partial charge is 0.456 e. The topological polar surface area (TPSA) is 21.3 Å². The number of rotatable bonds is 4. The van der Waals surface area contributed by atoms with Crippen LogP contribution in [0.1, 0.15) is 0 Å². The number of furan rings is 1. The van der Waals surface area contributed by atoms with E-state index in [4.69, 9.17) is 4.42 Å². The molecule has 2 aromatic heterocycles. The lowest BCUT2D eigenvalue weighted by molar-refractivity contribution is 0.669. The summed E-state index contributed by atoms with van der Waals surface area (Å²) in [6.07, 6.45) is 0. The maximum atomic E-state index is 6.24. The molecule has 0 aliphatic carbocycles. The van der Waals surface area contributed by atoms with Crippen LogP contribution in [0.4, 0.5) is 17.1 Å². The van der Waals surface area contributed by atoms with Crippen LogP contribution in [-0.4, -0.2) is 4.57 Å². The second-order valence-corrected chi connectivity index (χ2v) is 12.2. The first-order valence-corrected chi connectivity index (χ1v) is 16.0. The molecule has 0 saturated carbocycles. The van der Waals surface area contributed by atoms with Crippen LogP contribution in [0.2, 0.25) is 0 Å². The highest BCUT2D eigenvalue weighted by atomic mass is 16.3. The number of fused-ring (bicyclic) bond motifs is 9. The van der Waals surface area contributed by atoms with Crippen molar-refractivity contribution in [3.05, 3.63) is 170 Å². The van der Waals surface area contributed by atoms with E-state index in [1.807, 2.05) is 12.1 Å². The standard InChI is InChI=1S/C44H28N2O/c1-2-11-31(12-3-1)45(32-13-10-14-33(26-32)46-41-18-7-4-15-35(41)36-16-5-8-19-42(36)46)34-24-23-29-21-22-30-25-44-40(28-39(30)38(29)27-34)37-17-6-9-20-43(37)47-44/h1-28H. The summed E-state index contributed by atoms with van der Waals surface area (Å²) in [6.45, 7) is 0. The summed E-state index contributed by atoms with van der Waals surface area (Å²) in [5.74, 6) is 0. The zero-order valence-corrected chi connectivity index (χ0v) is 25.5. The Kier molecular flexibility index (Phi) is 5.57. The molecule has 0 atom stereocenters. The molecular formula is C44H28N2O. The maximum absolute atomic E-state index is 6.24. The molecule has 0 N–H and O–H groups in total. The quantitative estimate of drug-likeness (QED) is 0.187. The van der Waals surface area contributed by atoms with Gasteiger partial charge in [0.05, 0.1) is 11.0 Å². The first-order chi connectivity index (χ1) is 23.3. The van der Waals surface area contributed by atoms with Crippen LogP contribution in [0, 0.1) is 0 Å². The maximum Gasteiger partial charge on any atom is 0.136 e. The Morgan fingerprint density at radius 3 is 1.79 bits per heavy atom. The molecule has 0 fully saturated rings. The molecule has 3 heteroatoms. The SMILES string of the molecule is c1ccc(N(c2cccc(-n3c4ccccc4c4ccccc43)c2)c2ccc3ccc4cc5oc6ccccc6c5cc4c3c2)cc1. The van der Waals surface area contributed by atoms with Crippen molar-refractivity contribution in [1.82, 2.24) is 4.57 Å². The Hall–Kier alpha value is -6.32. The van der Waals surface area contributed by atoms with Crippen LogP contribution >= 0.6 is 0 Å². The highest BCUT2D eigenvalue weighted by Gasteiger charge is 2.17. The predicted molar refractivity (Wildman–Crippen MR) is 198 cm³/mol. The summed E-state index contributed by atoms with van der Waals surface area (Å²) < 4.78 is 8.62. The Bertz CT molecular complexity index is 2750. The molecule has 0 spiro atoms. The zero-order chi connectivity index (χ0) is 30.9. The molecule has 0 aliphatic rings. The average Bonchev–Trinajstić information content (AvgIpc) is 3.67.